The van der Waals surface area contributed by atoms with Crippen molar-refractivity contribution in [3.63, 3.8) is 0 Å². The summed E-state index contributed by atoms with van der Waals surface area (Å²) in [5, 5.41) is 5.41. The smallest absolute Gasteiger partial charge is 0.227 e. The third-order valence-electron chi connectivity index (χ3n) is 6.44. The van der Waals surface area contributed by atoms with Crippen LogP contribution >= 0.6 is 11.6 Å². The monoisotopic (exact) mass is 450 g/mol. The number of rotatable bonds is 6. The van der Waals surface area contributed by atoms with Gasteiger partial charge >= 0.3 is 0 Å². The number of benzene rings is 2. The lowest BCUT2D eigenvalue weighted by Crippen LogP contribution is -2.29. The highest BCUT2D eigenvalue weighted by Crippen LogP contribution is 2.26. The minimum atomic E-state index is 0.0916. The summed E-state index contributed by atoms with van der Waals surface area (Å²) in [5.74, 6) is 0.0916. The van der Waals surface area contributed by atoms with Gasteiger partial charge in [0.1, 0.15) is 0 Å². The van der Waals surface area contributed by atoms with E-state index in [9.17, 15) is 4.79 Å². The summed E-state index contributed by atoms with van der Waals surface area (Å²) in [7, 11) is 1.89. The summed E-state index contributed by atoms with van der Waals surface area (Å²) in [6.07, 6.45) is 2.80. The maximum Gasteiger partial charge on any atom is 0.227 e. The molecule has 32 heavy (non-hydrogen) atoms. The Morgan fingerprint density at radius 1 is 1.09 bits per heavy atom. The molecule has 0 bridgehead atoms. The largest absolute Gasteiger partial charge is 0.371 e. The van der Waals surface area contributed by atoms with Crippen LogP contribution in [-0.4, -0.2) is 40.7 Å². The number of hydrogen-bond acceptors (Lipinski definition) is 3. The van der Waals surface area contributed by atoms with Gasteiger partial charge in [0.25, 0.3) is 0 Å². The summed E-state index contributed by atoms with van der Waals surface area (Å²) in [4.78, 5) is 17.4. The van der Waals surface area contributed by atoms with Crippen molar-refractivity contribution in [2.45, 2.75) is 46.6 Å². The van der Waals surface area contributed by atoms with E-state index in [-0.39, 0.29) is 5.91 Å². The lowest BCUT2D eigenvalue weighted by atomic mass is 10.1. The zero-order valence-electron chi connectivity index (χ0n) is 19.4. The standard InChI is InChI=1S/C26H31ClN4O/c1-18-11-12-22(15-24(18)27)31-20(3)23(19(2)28-31)16-26(32)29(4)17-21-9-5-6-10-25(21)30-13-7-8-14-30/h5-6,9-12,15H,7-8,13-14,16-17H2,1-4H3. The first-order chi connectivity index (χ1) is 15.3. The molecule has 5 nitrogen and oxygen atoms in total. The predicted octanol–water partition coefficient (Wildman–Crippen LogP) is 5.25. The molecule has 1 fully saturated rings. The number of halogens is 1. The number of anilines is 1. The molecule has 4 rings (SSSR count). The molecule has 168 valence electrons. The SMILES string of the molecule is Cc1ccc(-n2nc(C)c(CC(=O)N(C)Cc3ccccc3N3CCCC3)c2C)cc1Cl. The first-order valence-corrected chi connectivity index (χ1v) is 11.6. The van der Waals surface area contributed by atoms with E-state index in [1.165, 1.54) is 24.1 Å². The Morgan fingerprint density at radius 3 is 2.53 bits per heavy atom. The van der Waals surface area contributed by atoms with E-state index in [1.807, 2.05) is 55.6 Å². The Hall–Kier alpha value is -2.79. The van der Waals surface area contributed by atoms with Crippen LogP contribution in [0, 0.1) is 20.8 Å². The molecule has 1 amide bonds. The lowest BCUT2D eigenvalue weighted by Gasteiger charge is -2.24. The van der Waals surface area contributed by atoms with Gasteiger partial charge in [0.05, 0.1) is 17.8 Å². The van der Waals surface area contributed by atoms with Crippen molar-refractivity contribution in [2.75, 3.05) is 25.0 Å². The van der Waals surface area contributed by atoms with Crippen LogP contribution in [0.25, 0.3) is 5.69 Å². The first-order valence-electron chi connectivity index (χ1n) is 11.2. The van der Waals surface area contributed by atoms with E-state index >= 15 is 0 Å². The van der Waals surface area contributed by atoms with Crippen LogP contribution in [0.5, 0.6) is 0 Å². The molecule has 2 heterocycles. The molecule has 0 atom stereocenters. The van der Waals surface area contributed by atoms with Crippen molar-refractivity contribution >= 4 is 23.2 Å². The van der Waals surface area contributed by atoms with Crippen molar-refractivity contribution in [3.05, 3.63) is 75.6 Å². The third-order valence-corrected chi connectivity index (χ3v) is 6.85. The first kappa shape index (κ1) is 22.4. The second kappa shape index (κ2) is 9.37. The number of amides is 1. The molecule has 0 unspecified atom stereocenters. The van der Waals surface area contributed by atoms with Crippen LogP contribution < -0.4 is 4.90 Å². The van der Waals surface area contributed by atoms with Gasteiger partial charge in [-0.15, -0.1) is 0 Å². The van der Waals surface area contributed by atoms with Gasteiger partial charge in [0.15, 0.2) is 0 Å². The Balaban J connectivity index is 1.51. The van der Waals surface area contributed by atoms with Crippen molar-refractivity contribution in [1.29, 1.82) is 0 Å². The molecule has 3 aromatic rings. The number of nitrogens with zero attached hydrogens (tertiary/aromatic N) is 4. The Kier molecular flexibility index (Phi) is 6.56. The Labute approximate surface area is 195 Å². The number of aryl methyl sites for hydroxylation is 2. The van der Waals surface area contributed by atoms with Gasteiger partial charge < -0.3 is 9.80 Å². The fourth-order valence-corrected chi connectivity index (χ4v) is 4.61. The fraction of sp³-hybridized carbons (Fsp3) is 0.385. The van der Waals surface area contributed by atoms with E-state index in [2.05, 4.69) is 29.2 Å². The minimum absolute atomic E-state index is 0.0916. The number of carbonyl (C=O) groups is 1. The number of carbonyl (C=O) groups excluding carboxylic acids is 1. The molecule has 2 aromatic carbocycles. The van der Waals surface area contributed by atoms with Crippen molar-refractivity contribution in [2.24, 2.45) is 0 Å². The van der Waals surface area contributed by atoms with E-state index < -0.39 is 0 Å². The van der Waals surface area contributed by atoms with Crippen LogP contribution in [0.2, 0.25) is 5.02 Å². The Bertz CT molecular complexity index is 1130. The minimum Gasteiger partial charge on any atom is -0.371 e. The van der Waals surface area contributed by atoms with Gasteiger partial charge in [0, 0.05) is 48.6 Å². The van der Waals surface area contributed by atoms with E-state index in [4.69, 9.17) is 16.7 Å². The van der Waals surface area contributed by atoms with Gasteiger partial charge in [-0.25, -0.2) is 4.68 Å². The van der Waals surface area contributed by atoms with Crippen molar-refractivity contribution in [3.8, 4) is 5.69 Å². The topological polar surface area (TPSA) is 41.4 Å². The third kappa shape index (κ3) is 4.53. The van der Waals surface area contributed by atoms with E-state index in [0.717, 1.165) is 41.3 Å². The van der Waals surface area contributed by atoms with Crippen LogP contribution in [-0.2, 0) is 17.8 Å². The number of aromatic nitrogens is 2. The van der Waals surface area contributed by atoms with Gasteiger partial charge in [0.2, 0.25) is 5.91 Å². The quantitative estimate of drug-likeness (QED) is 0.514. The van der Waals surface area contributed by atoms with Gasteiger partial charge in [-0.05, 0) is 62.9 Å². The molecule has 0 saturated carbocycles. The maximum atomic E-state index is 13.2. The lowest BCUT2D eigenvalue weighted by molar-refractivity contribution is -0.129. The highest BCUT2D eigenvalue weighted by Gasteiger charge is 2.21. The predicted molar refractivity (Wildman–Crippen MR) is 131 cm³/mol. The average molecular weight is 451 g/mol. The van der Waals surface area contributed by atoms with E-state index in [1.54, 1.807) is 0 Å². The molecule has 6 heteroatoms. The second-order valence-corrected chi connectivity index (χ2v) is 9.15. The average Bonchev–Trinajstić information content (AvgIpc) is 3.40. The summed E-state index contributed by atoms with van der Waals surface area (Å²) in [6, 6.07) is 14.4. The molecule has 0 aliphatic carbocycles. The highest BCUT2D eigenvalue weighted by atomic mass is 35.5. The fourth-order valence-electron chi connectivity index (χ4n) is 4.44. The molecular formula is C26H31ClN4O. The summed E-state index contributed by atoms with van der Waals surface area (Å²) < 4.78 is 1.88. The normalized spacial score (nSPS) is 13.6. The number of hydrogen-bond donors (Lipinski definition) is 0. The molecule has 0 N–H and O–H groups in total. The second-order valence-electron chi connectivity index (χ2n) is 8.74. The molecule has 1 aromatic heterocycles. The molecule has 0 radical (unpaired) electrons. The Morgan fingerprint density at radius 2 is 1.81 bits per heavy atom. The summed E-state index contributed by atoms with van der Waals surface area (Å²) in [6.45, 7) is 8.74. The van der Waals surface area contributed by atoms with Gasteiger partial charge in [-0.1, -0.05) is 35.9 Å². The highest BCUT2D eigenvalue weighted by molar-refractivity contribution is 6.31. The molecule has 1 saturated heterocycles. The van der Waals surface area contributed by atoms with E-state index in [0.29, 0.717) is 18.0 Å². The van der Waals surface area contributed by atoms with Gasteiger partial charge in [-0.2, -0.15) is 5.10 Å². The zero-order valence-corrected chi connectivity index (χ0v) is 20.1. The number of para-hydroxylation sites is 1. The number of likely N-dealkylation sites (N-methyl/N-ethyl adjacent to an activating group) is 1. The zero-order chi connectivity index (χ0) is 22.8. The van der Waals surface area contributed by atoms with Crippen LogP contribution in [0.3, 0.4) is 0 Å². The maximum absolute atomic E-state index is 13.2. The van der Waals surface area contributed by atoms with Gasteiger partial charge in [-0.3, -0.25) is 4.79 Å². The van der Waals surface area contributed by atoms with Crippen LogP contribution in [0.1, 0.15) is 40.9 Å². The molecule has 1 aliphatic rings. The molecular weight excluding hydrogens is 420 g/mol. The van der Waals surface area contributed by atoms with Crippen molar-refractivity contribution in [1.82, 2.24) is 14.7 Å². The van der Waals surface area contributed by atoms with Crippen LogP contribution in [0.15, 0.2) is 42.5 Å². The summed E-state index contributed by atoms with van der Waals surface area (Å²) >= 11 is 6.32. The summed E-state index contributed by atoms with van der Waals surface area (Å²) in [5.41, 5.74) is 7.21. The molecule has 1 aliphatic heterocycles. The van der Waals surface area contributed by atoms with Crippen molar-refractivity contribution < 1.29 is 4.79 Å². The molecule has 0 spiro atoms. The van der Waals surface area contributed by atoms with Crippen LogP contribution in [0.4, 0.5) is 5.69 Å².